The molecule has 37 heavy (non-hydrogen) atoms. The normalized spacial score (nSPS) is 22.1. The van der Waals surface area contributed by atoms with Crippen LogP contribution in [-0.4, -0.2) is 61.6 Å². The fourth-order valence-corrected chi connectivity index (χ4v) is 5.29. The predicted molar refractivity (Wildman–Crippen MR) is 143 cm³/mol. The summed E-state index contributed by atoms with van der Waals surface area (Å²) in [6.45, 7) is 4.21. The van der Waals surface area contributed by atoms with Gasteiger partial charge in [0.25, 0.3) is 0 Å². The van der Waals surface area contributed by atoms with Gasteiger partial charge in [0.15, 0.2) is 11.6 Å². The SMILES string of the molecule is COC[C@H](C)NC1CCC(Nc2cc(-c3ccc(F)c(NCC4(C#N)CCOCC4)n3)c(Cl)cn2)CC1. The topological polar surface area (TPSA) is 104 Å². The standard InChI is InChI=1S/C27H36ClFN6O2/c1-18(15-36-2)33-19-3-5-20(6-4-19)34-25-13-21(22(28)14-31-25)24-8-7-23(29)26(35-24)32-17-27(16-30)9-11-37-12-10-27/h7-8,13-14,18-20,33H,3-6,9-12,15,17H2,1-2H3,(H,31,34)(H,32,35)/t18-,19?,20?/m0/s1. The molecule has 2 aromatic rings. The van der Waals surface area contributed by atoms with Crippen molar-refractivity contribution in [2.45, 2.75) is 63.6 Å². The first-order chi connectivity index (χ1) is 17.9. The van der Waals surface area contributed by atoms with Crippen LogP contribution < -0.4 is 16.0 Å². The summed E-state index contributed by atoms with van der Waals surface area (Å²) in [6, 6.07) is 8.38. The van der Waals surface area contributed by atoms with Gasteiger partial charge in [-0.3, -0.25) is 0 Å². The molecule has 1 aliphatic heterocycles. The van der Waals surface area contributed by atoms with Crippen LogP contribution in [0.5, 0.6) is 0 Å². The molecule has 1 aliphatic carbocycles. The minimum atomic E-state index is -0.593. The molecule has 200 valence electrons. The van der Waals surface area contributed by atoms with Crippen molar-refractivity contribution < 1.29 is 13.9 Å². The molecule has 3 heterocycles. The molecule has 1 saturated carbocycles. The van der Waals surface area contributed by atoms with Gasteiger partial charge in [-0.2, -0.15) is 5.26 Å². The van der Waals surface area contributed by atoms with Gasteiger partial charge in [-0.1, -0.05) is 11.6 Å². The molecular weight excluding hydrogens is 495 g/mol. The summed E-state index contributed by atoms with van der Waals surface area (Å²) in [5.74, 6) is 0.349. The number of ether oxygens (including phenoxy) is 2. The summed E-state index contributed by atoms with van der Waals surface area (Å²) in [4.78, 5) is 8.98. The van der Waals surface area contributed by atoms with Gasteiger partial charge >= 0.3 is 0 Å². The van der Waals surface area contributed by atoms with E-state index in [0.29, 0.717) is 73.6 Å². The Morgan fingerprint density at radius 2 is 1.97 bits per heavy atom. The van der Waals surface area contributed by atoms with Gasteiger partial charge in [0.1, 0.15) is 5.82 Å². The molecule has 2 aromatic heterocycles. The number of methoxy groups -OCH3 is 1. The molecule has 0 aromatic carbocycles. The molecule has 2 aliphatic rings. The van der Waals surface area contributed by atoms with Crippen molar-refractivity contribution in [1.82, 2.24) is 15.3 Å². The Hall–Kier alpha value is -2.51. The molecule has 0 amide bonds. The van der Waals surface area contributed by atoms with E-state index in [2.05, 4.69) is 38.9 Å². The molecule has 0 radical (unpaired) electrons. The van der Waals surface area contributed by atoms with Crippen molar-refractivity contribution >= 4 is 23.2 Å². The third kappa shape index (κ3) is 7.29. The molecule has 4 rings (SSSR count). The minimum Gasteiger partial charge on any atom is -0.383 e. The number of nitrogens with one attached hydrogen (secondary N) is 3. The Bertz CT molecular complexity index is 1080. The van der Waals surface area contributed by atoms with E-state index in [1.807, 2.05) is 6.07 Å². The second kappa shape index (κ2) is 12.8. The van der Waals surface area contributed by atoms with Crippen LogP contribution in [-0.2, 0) is 9.47 Å². The van der Waals surface area contributed by atoms with Gasteiger partial charge in [0, 0.05) is 56.8 Å². The summed E-state index contributed by atoms with van der Waals surface area (Å²) in [5.41, 5.74) is 0.619. The van der Waals surface area contributed by atoms with Crippen LogP contribution in [0.3, 0.4) is 0 Å². The lowest BCUT2D eigenvalue weighted by molar-refractivity contribution is 0.0455. The molecule has 1 atom stereocenters. The minimum absolute atomic E-state index is 0.106. The number of rotatable bonds is 10. The first-order valence-electron chi connectivity index (χ1n) is 13.0. The maximum Gasteiger partial charge on any atom is 0.165 e. The number of nitrogens with zero attached hydrogens (tertiary/aromatic N) is 3. The van der Waals surface area contributed by atoms with Crippen molar-refractivity contribution in [2.75, 3.05) is 44.1 Å². The van der Waals surface area contributed by atoms with Crippen molar-refractivity contribution in [3.8, 4) is 17.3 Å². The van der Waals surface area contributed by atoms with E-state index in [1.54, 1.807) is 19.4 Å². The molecule has 10 heteroatoms. The van der Waals surface area contributed by atoms with Gasteiger partial charge in [-0.25, -0.2) is 14.4 Å². The lowest BCUT2D eigenvalue weighted by Gasteiger charge is -2.32. The van der Waals surface area contributed by atoms with E-state index in [0.717, 1.165) is 31.5 Å². The van der Waals surface area contributed by atoms with Crippen molar-refractivity contribution in [2.24, 2.45) is 5.41 Å². The van der Waals surface area contributed by atoms with Gasteiger partial charge in [0.05, 0.1) is 28.8 Å². The molecule has 0 spiro atoms. The third-order valence-corrected chi connectivity index (χ3v) is 7.58. The number of hydrogen-bond acceptors (Lipinski definition) is 8. The smallest absolute Gasteiger partial charge is 0.165 e. The Morgan fingerprint density at radius 1 is 1.24 bits per heavy atom. The summed E-state index contributed by atoms with van der Waals surface area (Å²) < 4.78 is 25.2. The van der Waals surface area contributed by atoms with E-state index in [1.165, 1.54) is 6.07 Å². The van der Waals surface area contributed by atoms with E-state index in [-0.39, 0.29) is 5.82 Å². The highest BCUT2D eigenvalue weighted by Crippen LogP contribution is 2.33. The molecule has 2 fully saturated rings. The number of pyridine rings is 2. The molecule has 3 N–H and O–H groups in total. The number of nitriles is 1. The summed E-state index contributed by atoms with van der Waals surface area (Å²) in [6.07, 6.45) is 7.04. The van der Waals surface area contributed by atoms with Crippen LogP contribution >= 0.6 is 11.6 Å². The van der Waals surface area contributed by atoms with Gasteiger partial charge in [-0.05, 0) is 63.6 Å². The van der Waals surface area contributed by atoms with Crippen LogP contribution in [0.1, 0.15) is 45.4 Å². The van der Waals surface area contributed by atoms with Crippen LogP contribution in [0.25, 0.3) is 11.3 Å². The maximum absolute atomic E-state index is 14.6. The molecule has 0 bridgehead atoms. The van der Waals surface area contributed by atoms with E-state index >= 15 is 0 Å². The van der Waals surface area contributed by atoms with Crippen molar-refractivity contribution in [3.05, 3.63) is 35.2 Å². The second-order valence-electron chi connectivity index (χ2n) is 10.2. The zero-order valence-electron chi connectivity index (χ0n) is 21.5. The molecule has 8 nitrogen and oxygen atoms in total. The number of anilines is 2. The second-order valence-corrected chi connectivity index (χ2v) is 10.6. The molecule has 1 saturated heterocycles. The molecule has 0 unspecified atom stereocenters. The largest absolute Gasteiger partial charge is 0.383 e. The van der Waals surface area contributed by atoms with Gasteiger partial charge < -0.3 is 25.4 Å². The average Bonchev–Trinajstić information content (AvgIpc) is 2.91. The third-order valence-electron chi connectivity index (χ3n) is 7.27. The fraction of sp³-hybridized carbons (Fsp3) is 0.593. The summed E-state index contributed by atoms with van der Waals surface area (Å²) >= 11 is 6.48. The first kappa shape index (κ1) is 27.5. The zero-order valence-corrected chi connectivity index (χ0v) is 22.3. The summed E-state index contributed by atoms with van der Waals surface area (Å²) in [5, 5.41) is 20.4. The number of hydrogen-bond donors (Lipinski definition) is 3. The fourth-order valence-electron chi connectivity index (χ4n) is 5.09. The predicted octanol–water partition coefficient (Wildman–Crippen LogP) is 5.02. The van der Waals surface area contributed by atoms with E-state index < -0.39 is 11.2 Å². The highest BCUT2D eigenvalue weighted by molar-refractivity contribution is 6.33. The van der Waals surface area contributed by atoms with Crippen LogP contribution in [0.4, 0.5) is 16.0 Å². The van der Waals surface area contributed by atoms with E-state index in [4.69, 9.17) is 21.1 Å². The van der Waals surface area contributed by atoms with Gasteiger partial charge in [-0.15, -0.1) is 0 Å². The lowest BCUT2D eigenvalue weighted by Crippen LogP contribution is -2.42. The van der Waals surface area contributed by atoms with E-state index in [9.17, 15) is 9.65 Å². The first-order valence-corrected chi connectivity index (χ1v) is 13.4. The Kier molecular flexibility index (Phi) is 9.54. The lowest BCUT2D eigenvalue weighted by atomic mass is 9.82. The maximum atomic E-state index is 14.6. The van der Waals surface area contributed by atoms with Crippen molar-refractivity contribution in [3.63, 3.8) is 0 Å². The Labute approximate surface area is 223 Å². The highest BCUT2D eigenvalue weighted by Gasteiger charge is 2.33. The number of halogens is 2. The van der Waals surface area contributed by atoms with Crippen LogP contribution in [0, 0.1) is 22.6 Å². The number of aromatic nitrogens is 2. The molecular formula is C27H36ClFN6O2. The average molecular weight is 531 g/mol. The van der Waals surface area contributed by atoms with Gasteiger partial charge in [0.2, 0.25) is 0 Å². The highest BCUT2D eigenvalue weighted by atomic mass is 35.5. The van der Waals surface area contributed by atoms with Crippen LogP contribution in [0.15, 0.2) is 24.4 Å². The monoisotopic (exact) mass is 530 g/mol. The summed E-state index contributed by atoms with van der Waals surface area (Å²) in [7, 11) is 1.72. The van der Waals surface area contributed by atoms with Crippen molar-refractivity contribution in [1.29, 1.82) is 5.26 Å². The Balaban J connectivity index is 1.41. The quantitative estimate of drug-likeness (QED) is 0.393. The van der Waals surface area contributed by atoms with Crippen LogP contribution in [0.2, 0.25) is 5.02 Å². The Morgan fingerprint density at radius 3 is 2.68 bits per heavy atom. The zero-order chi connectivity index (χ0) is 26.3.